The van der Waals surface area contributed by atoms with Gasteiger partial charge in [0.25, 0.3) is 0 Å². The molecule has 0 spiro atoms. The maximum Gasteiger partial charge on any atom is 0.0582 e. The highest BCUT2D eigenvalue weighted by Crippen LogP contribution is 2.31. The zero-order valence-electron chi connectivity index (χ0n) is 7.92. The van der Waals surface area contributed by atoms with Gasteiger partial charge in [0.2, 0.25) is 0 Å². The molecule has 0 unspecified atom stereocenters. The van der Waals surface area contributed by atoms with Crippen molar-refractivity contribution in [2.45, 2.75) is 18.9 Å². The molecule has 0 amide bonds. The van der Waals surface area contributed by atoms with Crippen LogP contribution in [0.3, 0.4) is 0 Å². The summed E-state index contributed by atoms with van der Waals surface area (Å²) in [6.07, 6.45) is 0. The third-order valence-electron chi connectivity index (χ3n) is 2.70. The van der Waals surface area contributed by atoms with E-state index in [0.717, 1.165) is 13.2 Å². The molecule has 2 nitrogen and oxygen atoms in total. The molecule has 1 aromatic rings. The summed E-state index contributed by atoms with van der Waals surface area (Å²) in [5, 5.41) is 0. The molecule has 2 rings (SSSR count). The Bertz CT molecular complexity index is 305. The largest absolute Gasteiger partial charge is 0.379 e. The maximum absolute atomic E-state index is 5.59. The van der Waals surface area contributed by atoms with Crippen molar-refractivity contribution in [2.24, 2.45) is 5.73 Å². The predicted octanol–water partition coefficient (Wildman–Crippen LogP) is 1.43. The van der Waals surface area contributed by atoms with Gasteiger partial charge in [-0.2, -0.15) is 0 Å². The van der Waals surface area contributed by atoms with Gasteiger partial charge in [-0.25, -0.2) is 0 Å². The van der Waals surface area contributed by atoms with Crippen molar-refractivity contribution in [3.05, 3.63) is 35.4 Å². The van der Waals surface area contributed by atoms with Crippen molar-refractivity contribution in [1.82, 2.24) is 0 Å². The van der Waals surface area contributed by atoms with Gasteiger partial charge in [-0.15, -0.1) is 0 Å². The fraction of sp³-hybridized carbons (Fsp3) is 0.455. The molecule has 1 aromatic carbocycles. The molecule has 13 heavy (non-hydrogen) atoms. The lowest BCUT2D eigenvalue weighted by molar-refractivity contribution is -0.0500. The van der Waals surface area contributed by atoms with Crippen molar-refractivity contribution in [3.63, 3.8) is 0 Å². The van der Waals surface area contributed by atoms with Gasteiger partial charge in [-0.05, 0) is 11.1 Å². The fourth-order valence-electron chi connectivity index (χ4n) is 1.65. The molecular weight excluding hydrogens is 162 g/mol. The minimum absolute atomic E-state index is 0.227. The molecule has 1 heterocycles. The van der Waals surface area contributed by atoms with Crippen LogP contribution in [0.25, 0.3) is 0 Å². The molecule has 0 atom stereocenters. The molecule has 70 valence electrons. The molecule has 1 aliphatic heterocycles. The highest BCUT2D eigenvalue weighted by molar-refractivity contribution is 5.31. The normalized spacial score (nSPS) is 19.5. The van der Waals surface area contributed by atoms with Gasteiger partial charge in [-0.1, -0.05) is 31.2 Å². The van der Waals surface area contributed by atoms with E-state index in [1.807, 2.05) is 0 Å². The first kappa shape index (κ1) is 8.73. The summed E-state index contributed by atoms with van der Waals surface area (Å²) in [5.74, 6) is 0. The van der Waals surface area contributed by atoms with Crippen molar-refractivity contribution in [2.75, 3.05) is 13.2 Å². The molecule has 0 aromatic heterocycles. The lowest BCUT2D eigenvalue weighted by Gasteiger charge is -2.38. The van der Waals surface area contributed by atoms with Crippen molar-refractivity contribution < 1.29 is 4.74 Å². The smallest absolute Gasteiger partial charge is 0.0582 e. The Hall–Kier alpha value is -0.860. The molecule has 0 bridgehead atoms. The second kappa shape index (κ2) is 3.13. The molecule has 1 saturated heterocycles. The highest BCUT2D eigenvalue weighted by Gasteiger charge is 2.34. The maximum atomic E-state index is 5.59. The third-order valence-corrected chi connectivity index (χ3v) is 2.70. The van der Waals surface area contributed by atoms with Gasteiger partial charge in [0, 0.05) is 12.0 Å². The van der Waals surface area contributed by atoms with Crippen molar-refractivity contribution >= 4 is 0 Å². The Balaban J connectivity index is 2.29. The first-order chi connectivity index (χ1) is 6.24. The van der Waals surface area contributed by atoms with Gasteiger partial charge < -0.3 is 10.5 Å². The van der Waals surface area contributed by atoms with E-state index in [1.54, 1.807) is 0 Å². The second-order valence-electron chi connectivity index (χ2n) is 3.96. The third kappa shape index (κ3) is 1.47. The number of rotatable bonds is 2. The van der Waals surface area contributed by atoms with E-state index in [9.17, 15) is 0 Å². The van der Waals surface area contributed by atoms with Crippen LogP contribution in [0.1, 0.15) is 18.1 Å². The Morgan fingerprint density at radius 3 is 2.77 bits per heavy atom. The van der Waals surface area contributed by atoms with Crippen LogP contribution in [0.4, 0.5) is 0 Å². The molecule has 2 heteroatoms. The molecule has 1 fully saturated rings. The topological polar surface area (TPSA) is 35.2 Å². The van der Waals surface area contributed by atoms with Crippen LogP contribution < -0.4 is 5.73 Å². The van der Waals surface area contributed by atoms with Crippen molar-refractivity contribution in [1.29, 1.82) is 0 Å². The summed E-state index contributed by atoms with van der Waals surface area (Å²) in [6, 6.07) is 8.47. The monoisotopic (exact) mass is 177 g/mol. The minimum atomic E-state index is 0.227. The molecule has 0 aliphatic carbocycles. The Labute approximate surface area is 78.7 Å². The van der Waals surface area contributed by atoms with E-state index in [2.05, 4.69) is 31.2 Å². The minimum Gasteiger partial charge on any atom is -0.379 e. The number of benzene rings is 1. The van der Waals surface area contributed by atoms with Gasteiger partial charge in [0.15, 0.2) is 0 Å². The molecule has 2 N–H and O–H groups in total. The zero-order chi connectivity index (χ0) is 9.31. The van der Waals surface area contributed by atoms with E-state index in [1.165, 1.54) is 11.1 Å². The molecule has 0 saturated carbocycles. The van der Waals surface area contributed by atoms with Crippen LogP contribution in [0.2, 0.25) is 0 Å². The summed E-state index contributed by atoms with van der Waals surface area (Å²) < 4.78 is 5.23. The number of ether oxygens (including phenoxy) is 1. The van der Waals surface area contributed by atoms with E-state index in [0.29, 0.717) is 6.54 Å². The van der Waals surface area contributed by atoms with E-state index < -0.39 is 0 Å². The quantitative estimate of drug-likeness (QED) is 0.741. The van der Waals surface area contributed by atoms with Gasteiger partial charge in [-0.3, -0.25) is 0 Å². The average molecular weight is 177 g/mol. The standard InChI is InChI=1S/C11H15NO/c1-11(7-13-8-11)10-4-2-3-9(5-10)6-12/h2-5H,6-8,12H2,1H3. The number of hydrogen-bond donors (Lipinski definition) is 1. The summed E-state index contributed by atoms with van der Waals surface area (Å²) in [7, 11) is 0. The molecule has 1 aliphatic rings. The molecule has 0 radical (unpaired) electrons. The first-order valence-corrected chi connectivity index (χ1v) is 4.62. The van der Waals surface area contributed by atoms with Crippen LogP contribution in [0, 0.1) is 0 Å². The van der Waals surface area contributed by atoms with Crippen LogP contribution in [0.15, 0.2) is 24.3 Å². The van der Waals surface area contributed by atoms with Gasteiger partial charge >= 0.3 is 0 Å². The van der Waals surface area contributed by atoms with E-state index >= 15 is 0 Å². The van der Waals surface area contributed by atoms with E-state index in [4.69, 9.17) is 10.5 Å². The summed E-state index contributed by atoms with van der Waals surface area (Å²) in [6.45, 7) is 4.51. The SMILES string of the molecule is CC1(c2cccc(CN)c2)COC1. The number of nitrogens with two attached hydrogens (primary N) is 1. The fourth-order valence-corrected chi connectivity index (χ4v) is 1.65. The highest BCUT2D eigenvalue weighted by atomic mass is 16.5. The van der Waals surface area contributed by atoms with E-state index in [-0.39, 0.29) is 5.41 Å². The Kier molecular flexibility index (Phi) is 2.10. The summed E-state index contributed by atoms with van der Waals surface area (Å²) >= 11 is 0. The molecular formula is C11H15NO. The van der Waals surface area contributed by atoms with Gasteiger partial charge in [0.1, 0.15) is 0 Å². The zero-order valence-corrected chi connectivity index (χ0v) is 7.92. The van der Waals surface area contributed by atoms with Crippen LogP contribution in [0.5, 0.6) is 0 Å². The van der Waals surface area contributed by atoms with Gasteiger partial charge in [0.05, 0.1) is 13.2 Å². The van der Waals surface area contributed by atoms with Crippen LogP contribution in [-0.4, -0.2) is 13.2 Å². The lowest BCUT2D eigenvalue weighted by atomic mass is 9.80. The second-order valence-corrected chi connectivity index (χ2v) is 3.96. The predicted molar refractivity (Wildman–Crippen MR) is 52.5 cm³/mol. The lowest BCUT2D eigenvalue weighted by Crippen LogP contribution is -2.43. The Morgan fingerprint density at radius 2 is 2.23 bits per heavy atom. The van der Waals surface area contributed by atoms with Crippen molar-refractivity contribution in [3.8, 4) is 0 Å². The number of hydrogen-bond acceptors (Lipinski definition) is 2. The average Bonchev–Trinajstić information content (AvgIpc) is 2.14. The van der Waals surface area contributed by atoms with Crippen LogP contribution >= 0.6 is 0 Å². The first-order valence-electron chi connectivity index (χ1n) is 4.62. The summed E-state index contributed by atoms with van der Waals surface area (Å²) in [4.78, 5) is 0. The Morgan fingerprint density at radius 1 is 1.46 bits per heavy atom. The van der Waals surface area contributed by atoms with Crippen LogP contribution in [-0.2, 0) is 16.7 Å². The summed E-state index contributed by atoms with van der Waals surface area (Å²) in [5.41, 5.74) is 8.37.